The zero-order valence-corrected chi connectivity index (χ0v) is 7.61. The molecule has 74 valence electrons. The molecule has 1 nitrogen and oxygen atoms in total. The first-order valence-corrected chi connectivity index (χ1v) is 5.05. The molecule has 0 aromatic rings. The number of ether oxygens (including phenoxy) is 1. The fourth-order valence-corrected chi connectivity index (χ4v) is 2.80. The Balaban J connectivity index is 1.64. The van der Waals surface area contributed by atoms with Crippen LogP contribution in [-0.4, -0.2) is 18.1 Å². The van der Waals surface area contributed by atoms with E-state index in [1.54, 1.807) is 0 Å². The third kappa shape index (κ3) is 1.20. The average molecular weight is 188 g/mol. The Labute approximate surface area is 76.5 Å². The second-order valence-electron chi connectivity index (χ2n) is 5.18. The Kier molecular flexibility index (Phi) is 1.30. The van der Waals surface area contributed by atoms with Crippen LogP contribution < -0.4 is 0 Å². The van der Waals surface area contributed by atoms with Gasteiger partial charge < -0.3 is 4.74 Å². The zero-order valence-electron chi connectivity index (χ0n) is 7.61. The quantitative estimate of drug-likeness (QED) is 0.568. The first-order chi connectivity index (χ1) is 6.04. The lowest BCUT2D eigenvalue weighted by Gasteiger charge is -2.51. The summed E-state index contributed by atoms with van der Waals surface area (Å²) >= 11 is 0. The summed E-state index contributed by atoms with van der Waals surface area (Å²) in [5.41, 5.74) is 0.00741. The molecule has 3 heteroatoms. The lowest BCUT2D eigenvalue weighted by molar-refractivity contribution is -0.216. The highest BCUT2D eigenvalue weighted by Gasteiger charge is 2.61. The first kappa shape index (κ1) is 8.16. The van der Waals surface area contributed by atoms with E-state index in [1.165, 1.54) is 0 Å². The Hall–Kier alpha value is -0.180. The number of hydrogen-bond acceptors (Lipinski definition) is 1. The van der Waals surface area contributed by atoms with Gasteiger partial charge in [-0.2, -0.15) is 0 Å². The molecule has 0 bridgehead atoms. The van der Waals surface area contributed by atoms with Crippen molar-refractivity contribution in [3.8, 4) is 0 Å². The Morgan fingerprint density at radius 3 is 1.92 bits per heavy atom. The lowest BCUT2D eigenvalue weighted by atomic mass is 9.62. The molecule has 0 aromatic heterocycles. The standard InChI is InChI=1S/C10H14F2O/c11-10(12)5-8(6-10)1-2-9(3-4-9)13-7-8/h1-7H2. The van der Waals surface area contributed by atoms with Crippen molar-refractivity contribution in [1.82, 2.24) is 0 Å². The van der Waals surface area contributed by atoms with E-state index < -0.39 is 5.92 Å². The summed E-state index contributed by atoms with van der Waals surface area (Å²) in [7, 11) is 0. The molecule has 0 radical (unpaired) electrons. The smallest absolute Gasteiger partial charge is 0.249 e. The topological polar surface area (TPSA) is 9.23 Å². The van der Waals surface area contributed by atoms with E-state index in [1.807, 2.05) is 0 Å². The molecule has 0 aromatic carbocycles. The Morgan fingerprint density at radius 2 is 1.54 bits per heavy atom. The van der Waals surface area contributed by atoms with Crippen molar-refractivity contribution in [2.75, 3.05) is 6.61 Å². The van der Waals surface area contributed by atoms with Crippen LogP contribution in [0.3, 0.4) is 0 Å². The van der Waals surface area contributed by atoms with Crippen molar-refractivity contribution in [3.05, 3.63) is 0 Å². The van der Waals surface area contributed by atoms with E-state index in [-0.39, 0.29) is 23.9 Å². The molecule has 3 rings (SSSR count). The third-order valence-corrected chi connectivity index (χ3v) is 3.87. The number of rotatable bonds is 0. The van der Waals surface area contributed by atoms with Gasteiger partial charge in [-0.25, -0.2) is 8.78 Å². The molecule has 1 saturated heterocycles. The molecule has 0 N–H and O–H groups in total. The van der Waals surface area contributed by atoms with Gasteiger partial charge in [0.2, 0.25) is 5.92 Å². The van der Waals surface area contributed by atoms with Gasteiger partial charge in [0.25, 0.3) is 0 Å². The van der Waals surface area contributed by atoms with Crippen LogP contribution in [-0.2, 0) is 4.74 Å². The predicted molar refractivity (Wildman–Crippen MR) is 43.8 cm³/mol. The van der Waals surface area contributed by atoms with Crippen LogP contribution in [0, 0.1) is 5.41 Å². The molecule has 2 aliphatic carbocycles. The molecule has 1 aliphatic heterocycles. The first-order valence-electron chi connectivity index (χ1n) is 5.05. The summed E-state index contributed by atoms with van der Waals surface area (Å²) in [4.78, 5) is 0. The Morgan fingerprint density at radius 1 is 0.923 bits per heavy atom. The fraction of sp³-hybridized carbons (Fsp3) is 1.00. The van der Waals surface area contributed by atoms with E-state index in [9.17, 15) is 8.78 Å². The van der Waals surface area contributed by atoms with Gasteiger partial charge in [0, 0.05) is 18.3 Å². The minimum absolute atomic E-state index is 0.0656. The van der Waals surface area contributed by atoms with Gasteiger partial charge in [-0.1, -0.05) is 0 Å². The highest BCUT2D eigenvalue weighted by atomic mass is 19.3. The van der Waals surface area contributed by atoms with Crippen molar-refractivity contribution in [2.45, 2.75) is 50.0 Å². The van der Waals surface area contributed by atoms with Crippen LogP contribution in [0.15, 0.2) is 0 Å². The molecule has 0 atom stereocenters. The van der Waals surface area contributed by atoms with E-state index >= 15 is 0 Å². The van der Waals surface area contributed by atoms with E-state index in [2.05, 4.69) is 0 Å². The number of alkyl halides is 2. The highest BCUT2D eigenvalue weighted by molar-refractivity contribution is 5.07. The van der Waals surface area contributed by atoms with Crippen LogP contribution in [0.4, 0.5) is 8.78 Å². The van der Waals surface area contributed by atoms with Crippen LogP contribution in [0.2, 0.25) is 0 Å². The number of hydrogen-bond donors (Lipinski definition) is 0. The van der Waals surface area contributed by atoms with E-state index in [0.29, 0.717) is 6.61 Å². The molecule has 13 heavy (non-hydrogen) atoms. The van der Waals surface area contributed by atoms with Crippen LogP contribution >= 0.6 is 0 Å². The molecular weight excluding hydrogens is 174 g/mol. The van der Waals surface area contributed by atoms with Crippen LogP contribution in [0.5, 0.6) is 0 Å². The molecular formula is C10H14F2O. The maximum absolute atomic E-state index is 12.7. The monoisotopic (exact) mass is 188 g/mol. The lowest BCUT2D eigenvalue weighted by Crippen LogP contribution is -2.52. The summed E-state index contributed by atoms with van der Waals surface area (Å²) in [6.07, 6.45) is 4.41. The highest BCUT2D eigenvalue weighted by Crippen LogP contribution is 2.60. The summed E-state index contributed by atoms with van der Waals surface area (Å²) in [5.74, 6) is -2.39. The minimum atomic E-state index is -2.39. The normalized spacial score (nSPS) is 37.4. The van der Waals surface area contributed by atoms with E-state index in [0.717, 1.165) is 25.7 Å². The predicted octanol–water partition coefficient (Wildman–Crippen LogP) is 2.74. The molecule has 0 unspecified atom stereocenters. The van der Waals surface area contributed by atoms with Crippen molar-refractivity contribution >= 4 is 0 Å². The maximum atomic E-state index is 12.7. The van der Waals surface area contributed by atoms with Gasteiger partial charge in [-0.3, -0.25) is 0 Å². The minimum Gasteiger partial charge on any atom is -0.374 e. The molecule has 1 heterocycles. The number of halogens is 2. The van der Waals surface area contributed by atoms with Crippen molar-refractivity contribution < 1.29 is 13.5 Å². The summed E-state index contributed by atoms with van der Waals surface area (Å²) in [6.45, 7) is 0.586. The van der Waals surface area contributed by atoms with Gasteiger partial charge in [0.1, 0.15) is 0 Å². The van der Waals surface area contributed by atoms with Crippen molar-refractivity contribution in [1.29, 1.82) is 0 Å². The molecule has 3 aliphatic rings. The van der Waals surface area contributed by atoms with Gasteiger partial charge in [0.05, 0.1) is 12.2 Å². The van der Waals surface area contributed by atoms with Gasteiger partial charge >= 0.3 is 0 Å². The van der Waals surface area contributed by atoms with Crippen LogP contribution in [0.1, 0.15) is 38.5 Å². The van der Waals surface area contributed by atoms with Crippen molar-refractivity contribution in [2.24, 2.45) is 5.41 Å². The second-order valence-corrected chi connectivity index (χ2v) is 5.18. The van der Waals surface area contributed by atoms with Crippen LogP contribution in [0.25, 0.3) is 0 Å². The summed E-state index contributed by atoms with van der Waals surface area (Å²) in [5, 5.41) is 0. The van der Waals surface area contributed by atoms with Crippen molar-refractivity contribution in [3.63, 3.8) is 0 Å². The molecule has 2 spiro atoms. The average Bonchev–Trinajstić information content (AvgIpc) is 2.74. The van der Waals surface area contributed by atoms with Gasteiger partial charge in [-0.05, 0) is 25.7 Å². The maximum Gasteiger partial charge on any atom is 0.249 e. The molecule has 0 amide bonds. The Bertz CT molecular complexity index is 225. The van der Waals surface area contributed by atoms with Gasteiger partial charge in [-0.15, -0.1) is 0 Å². The summed E-state index contributed by atoms with van der Waals surface area (Å²) < 4.78 is 31.1. The summed E-state index contributed by atoms with van der Waals surface area (Å²) in [6, 6.07) is 0. The van der Waals surface area contributed by atoms with Gasteiger partial charge in [0.15, 0.2) is 0 Å². The SMILES string of the molecule is FC1(F)CC2(CCC3(CC3)OC2)C1. The second kappa shape index (κ2) is 2.08. The largest absolute Gasteiger partial charge is 0.374 e. The van der Waals surface area contributed by atoms with E-state index in [4.69, 9.17) is 4.74 Å². The fourth-order valence-electron chi connectivity index (χ4n) is 2.80. The third-order valence-electron chi connectivity index (χ3n) is 3.87. The zero-order chi connectivity index (χ0) is 9.16. The molecule has 2 saturated carbocycles. The molecule has 3 fully saturated rings.